The van der Waals surface area contributed by atoms with Gasteiger partial charge in [0.2, 0.25) is 0 Å². The first-order valence-electron chi connectivity index (χ1n) is 8.69. The molecule has 0 heterocycles. The van der Waals surface area contributed by atoms with Crippen molar-refractivity contribution in [3.63, 3.8) is 0 Å². The van der Waals surface area contributed by atoms with Crippen molar-refractivity contribution in [3.8, 4) is 5.75 Å². The SMILES string of the molecule is Cc1cccc(N=Cc2ccccc2OCc2ccc(C(=O)O)cc2)c1C. The molecule has 0 bridgehead atoms. The van der Waals surface area contributed by atoms with Crippen LogP contribution in [0.25, 0.3) is 0 Å². The van der Waals surface area contributed by atoms with Crippen LogP contribution in [-0.2, 0) is 6.61 Å². The maximum absolute atomic E-state index is 10.9. The van der Waals surface area contributed by atoms with E-state index in [9.17, 15) is 4.79 Å². The summed E-state index contributed by atoms with van der Waals surface area (Å²) in [6.07, 6.45) is 1.81. The molecule has 0 atom stereocenters. The molecule has 0 aliphatic rings. The molecule has 0 aliphatic heterocycles. The summed E-state index contributed by atoms with van der Waals surface area (Å²) >= 11 is 0. The molecule has 0 amide bonds. The van der Waals surface area contributed by atoms with Crippen LogP contribution >= 0.6 is 0 Å². The molecule has 3 rings (SSSR count). The van der Waals surface area contributed by atoms with Crippen molar-refractivity contribution in [2.24, 2.45) is 4.99 Å². The fourth-order valence-corrected chi connectivity index (χ4v) is 2.64. The molecule has 0 radical (unpaired) electrons. The molecule has 0 aromatic heterocycles. The molecule has 136 valence electrons. The number of ether oxygens (including phenoxy) is 1. The fraction of sp³-hybridized carbons (Fsp3) is 0.130. The molecule has 0 saturated heterocycles. The van der Waals surface area contributed by atoms with Crippen molar-refractivity contribution >= 4 is 17.9 Å². The number of aryl methyl sites for hydroxylation is 1. The van der Waals surface area contributed by atoms with Crippen molar-refractivity contribution in [2.75, 3.05) is 0 Å². The number of nitrogens with zero attached hydrogens (tertiary/aromatic N) is 1. The molecule has 0 unspecified atom stereocenters. The van der Waals surface area contributed by atoms with Crippen molar-refractivity contribution in [1.82, 2.24) is 0 Å². The monoisotopic (exact) mass is 359 g/mol. The zero-order valence-electron chi connectivity index (χ0n) is 15.3. The van der Waals surface area contributed by atoms with Crippen LogP contribution in [0.5, 0.6) is 5.75 Å². The molecule has 0 saturated carbocycles. The van der Waals surface area contributed by atoms with Crippen LogP contribution in [-0.4, -0.2) is 17.3 Å². The second-order valence-electron chi connectivity index (χ2n) is 6.31. The predicted molar refractivity (Wildman–Crippen MR) is 107 cm³/mol. The number of carboxylic acid groups (broad SMARTS) is 1. The van der Waals surface area contributed by atoms with Crippen LogP contribution in [0.4, 0.5) is 5.69 Å². The van der Waals surface area contributed by atoms with Crippen molar-refractivity contribution in [3.05, 3.63) is 94.5 Å². The first-order chi connectivity index (χ1) is 13.0. The highest BCUT2D eigenvalue weighted by Gasteiger charge is 2.05. The zero-order chi connectivity index (χ0) is 19.2. The number of para-hydroxylation sites is 1. The molecule has 3 aromatic rings. The second kappa shape index (κ2) is 8.32. The van der Waals surface area contributed by atoms with E-state index in [4.69, 9.17) is 9.84 Å². The molecule has 3 aromatic carbocycles. The van der Waals surface area contributed by atoms with E-state index in [1.165, 1.54) is 5.56 Å². The molecule has 0 fully saturated rings. The van der Waals surface area contributed by atoms with E-state index in [1.807, 2.05) is 42.6 Å². The van der Waals surface area contributed by atoms with Gasteiger partial charge in [-0.2, -0.15) is 0 Å². The predicted octanol–water partition coefficient (Wildman–Crippen LogP) is 5.33. The lowest BCUT2D eigenvalue weighted by Gasteiger charge is -2.09. The van der Waals surface area contributed by atoms with E-state index >= 15 is 0 Å². The van der Waals surface area contributed by atoms with E-state index in [0.29, 0.717) is 6.61 Å². The lowest BCUT2D eigenvalue weighted by atomic mass is 10.1. The highest BCUT2D eigenvalue weighted by molar-refractivity contribution is 5.87. The van der Waals surface area contributed by atoms with Gasteiger partial charge in [-0.3, -0.25) is 4.99 Å². The van der Waals surface area contributed by atoms with Gasteiger partial charge >= 0.3 is 5.97 Å². The number of benzene rings is 3. The quantitative estimate of drug-likeness (QED) is 0.605. The topological polar surface area (TPSA) is 58.9 Å². The summed E-state index contributed by atoms with van der Waals surface area (Å²) in [5.74, 6) is -0.204. The maximum Gasteiger partial charge on any atom is 0.335 e. The third-order valence-corrected chi connectivity index (χ3v) is 4.43. The van der Waals surface area contributed by atoms with Gasteiger partial charge in [0.05, 0.1) is 11.3 Å². The average Bonchev–Trinajstić information content (AvgIpc) is 2.68. The van der Waals surface area contributed by atoms with E-state index in [0.717, 1.165) is 28.1 Å². The van der Waals surface area contributed by atoms with Gasteiger partial charge in [0.25, 0.3) is 0 Å². The van der Waals surface area contributed by atoms with E-state index in [-0.39, 0.29) is 5.56 Å². The average molecular weight is 359 g/mol. The summed E-state index contributed by atoms with van der Waals surface area (Å²) < 4.78 is 5.93. The molecule has 4 heteroatoms. The zero-order valence-corrected chi connectivity index (χ0v) is 15.3. The minimum atomic E-state index is -0.935. The Morgan fingerprint density at radius 3 is 2.48 bits per heavy atom. The number of hydrogen-bond donors (Lipinski definition) is 1. The smallest absolute Gasteiger partial charge is 0.335 e. The van der Waals surface area contributed by atoms with E-state index in [2.05, 4.69) is 24.9 Å². The van der Waals surface area contributed by atoms with Crippen molar-refractivity contribution in [2.45, 2.75) is 20.5 Å². The van der Waals surface area contributed by atoms with E-state index < -0.39 is 5.97 Å². The molecule has 4 nitrogen and oxygen atoms in total. The summed E-state index contributed by atoms with van der Waals surface area (Å²) in [5.41, 5.74) is 5.36. The van der Waals surface area contributed by atoms with Gasteiger partial charge in [0.15, 0.2) is 0 Å². The minimum absolute atomic E-state index is 0.264. The first kappa shape index (κ1) is 18.4. The number of aliphatic imine (C=N–C) groups is 1. The molecular formula is C23H21NO3. The van der Waals surface area contributed by atoms with Crippen molar-refractivity contribution in [1.29, 1.82) is 0 Å². The Kier molecular flexibility index (Phi) is 5.67. The van der Waals surface area contributed by atoms with Crippen LogP contribution in [0.1, 0.15) is 32.6 Å². The van der Waals surface area contributed by atoms with E-state index in [1.54, 1.807) is 24.3 Å². The Morgan fingerprint density at radius 2 is 1.74 bits per heavy atom. The summed E-state index contributed by atoms with van der Waals surface area (Å²) in [6.45, 7) is 4.49. The van der Waals surface area contributed by atoms with Gasteiger partial charge in [-0.05, 0) is 60.9 Å². The number of carbonyl (C=O) groups is 1. The molecule has 1 N–H and O–H groups in total. The van der Waals surface area contributed by atoms with Crippen LogP contribution in [0.15, 0.2) is 71.7 Å². The minimum Gasteiger partial charge on any atom is -0.488 e. The highest BCUT2D eigenvalue weighted by atomic mass is 16.5. The third kappa shape index (κ3) is 4.61. The van der Waals surface area contributed by atoms with Gasteiger partial charge in [-0.25, -0.2) is 4.79 Å². The lowest BCUT2D eigenvalue weighted by molar-refractivity contribution is 0.0697. The summed E-state index contributed by atoms with van der Waals surface area (Å²) in [5, 5.41) is 8.96. The molecule has 0 aliphatic carbocycles. The van der Waals surface area contributed by atoms with Gasteiger partial charge < -0.3 is 9.84 Å². The number of aromatic carboxylic acids is 1. The largest absolute Gasteiger partial charge is 0.488 e. The Labute approximate surface area is 158 Å². The standard InChI is InChI=1S/C23H21NO3/c1-16-6-5-8-21(17(16)2)24-14-20-7-3-4-9-22(20)27-15-18-10-12-19(13-11-18)23(25)26/h3-14H,15H2,1-2H3,(H,25,26). The van der Waals surface area contributed by atoms with Crippen molar-refractivity contribution < 1.29 is 14.6 Å². The van der Waals surface area contributed by atoms with Gasteiger partial charge in [-0.15, -0.1) is 0 Å². The summed E-state index contributed by atoms with van der Waals surface area (Å²) in [7, 11) is 0. The van der Waals surface area contributed by atoms with Crippen LogP contribution in [0.2, 0.25) is 0 Å². The summed E-state index contributed by atoms with van der Waals surface area (Å²) in [4.78, 5) is 15.5. The maximum atomic E-state index is 10.9. The first-order valence-corrected chi connectivity index (χ1v) is 8.69. The Morgan fingerprint density at radius 1 is 1.00 bits per heavy atom. The highest BCUT2D eigenvalue weighted by Crippen LogP contribution is 2.23. The third-order valence-electron chi connectivity index (χ3n) is 4.43. The van der Waals surface area contributed by atoms with Gasteiger partial charge in [0, 0.05) is 11.8 Å². The Balaban J connectivity index is 1.75. The normalized spacial score (nSPS) is 10.9. The van der Waals surface area contributed by atoms with Gasteiger partial charge in [-0.1, -0.05) is 36.4 Å². The van der Waals surface area contributed by atoms with Crippen LogP contribution in [0.3, 0.4) is 0 Å². The number of carboxylic acids is 1. The second-order valence-corrected chi connectivity index (χ2v) is 6.31. The molecular weight excluding hydrogens is 338 g/mol. The van der Waals surface area contributed by atoms with Gasteiger partial charge in [0.1, 0.15) is 12.4 Å². The van der Waals surface area contributed by atoms with Crippen LogP contribution < -0.4 is 4.74 Å². The lowest BCUT2D eigenvalue weighted by Crippen LogP contribution is -2.00. The Hall–Kier alpha value is -3.40. The fourth-order valence-electron chi connectivity index (χ4n) is 2.64. The molecule has 27 heavy (non-hydrogen) atoms. The number of rotatable bonds is 6. The molecule has 0 spiro atoms. The van der Waals surface area contributed by atoms with Crippen LogP contribution in [0, 0.1) is 13.8 Å². The number of hydrogen-bond acceptors (Lipinski definition) is 3. The summed E-state index contributed by atoms with van der Waals surface area (Å²) in [6, 6.07) is 20.5. The Bertz CT molecular complexity index is 975.